The largest absolute Gasteiger partial charge is 0.495 e. The van der Waals surface area contributed by atoms with Gasteiger partial charge in [-0.1, -0.05) is 24.6 Å². The van der Waals surface area contributed by atoms with Crippen molar-refractivity contribution in [1.29, 1.82) is 0 Å². The molecule has 1 aliphatic rings. The quantitative estimate of drug-likeness (QED) is 0.266. The molecule has 1 saturated heterocycles. The third kappa shape index (κ3) is 7.58. The van der Waals surface area contributed by atoms with Crippen LogP contribution in [0.1, 0.15) is 41.9 Å². The van der Waals surface area contributed by atoms with Crippen LogP contribution in [0.5, 0.6) is 11.5 Å². The lowest BCUT2D eigenvalue weighted by atomic mass is 9.98. The summed E-state index contributed by atoms with van der Waals surface area (Å²) in [5.41, 5.74) is 1.31. The molecule has 2 atom stereocenters. The maximum atomic E-state index is 13.7. The van der Waals surface area contributed by atoms with E-state index in [-0.39, 0.29) is 31.0 Å². The van der Waals surface area contributed by atoms with E-state index in [0.717, 1.165) is 0 Å². The highest BCUT2D eigenvalue weighted by molar-refractivity contribution is 6.31. The molecule has 0 N–H and O–H groups in total. The second kappa shape index (κ2) is 14.3. The first-order valence-electron chi connectivity index (χ1n) is 13.3. The summed E-state index contributed by atoms with van der Waals surface area (Å²) in [6, 6.07) is 8.53. The van der Waals surface area contributed by atoms with Crippen LogP contribution in [0.3, 0.4) is 0 Å². The van der Waals surface area contributed by atoms with Crippen molar-refractivity contribution in [3.05, 3.63) is 75.4 Å². The maximum absolute atomic E-state index is 13.7. The predicted octanol–water partition coefficient (Wildman–Crippen LogP) is 4.67. The number of Topliss-reactive ketones (excluding diaryl/α,β-unsaturated/α-hetero) is 2. The Morgan fingerprint density at radius 3 is 2.63 bits per heavy atom. The summed E-state index contributed by atoms with van der Waals surface area (Å²) in [6.45, 7) is 2.03. The number of hydrogen-bond acceptors (Lipinski definition) is 8. The molecule has 3 aromatic rings. The van der Waals surface area contributed by atoms with Gasteiger partial charge in [-0.25, -0.2) is 4.39 Å². The molecule has 9 nitrogen and oxygen atoms in total. The summed E-state index contributed by atoms with van der Waals surface area (Å²) >= 11 is 6.23. The van der Waals surface area contributed by atoms with Crippen molar-refractivity contribution in [2.75, 3.05) is 40.2 Å². The van der Waals surface area contributed by atoms with E-state index in [0.29, 0.717) is 65.1 Å². The van der Waals surface area contributed by atoms with Gasteiger partial charge in [-0.2, -0.15) is 0 Å². The number of ketones is 2. The van der Waals surface area contributed by atoms with Crippen molar-refractivity contribution in [2.24, 2.45) is 0 Å². The molecule has 0 aliphatic carbocycles. The normalized spacial score (nSPS) is 15.8. The Bertz CT molecular complexity index is 1420. The molecule has 1 fully saturated rings. The lowest BCUT2D eigenvalue weighted by Gasteiger charge is -2.28. The number of benzene rings is 1. The molecular weight excluding hydrogens is 555 g/mol. The van der Waals surface area contributed by atoms with Crippen molar-refractivity contribution in [1.82, 2.24) is 9.55 Å². The summed E-state index contributed by atoms with van der Waals surface area (Å²) < 4.78 is 36.7. The molecule has 11 heteroatoms. The van der Waals surface area contributed by atoms with Crippen LogP contribution < -0.4 is 15.0 Å². The number of carbonyl (C=O) groups is 2. The first-order chi connectivity index (χ1) is 19.8. The number of ether oxygens (including phenoxy) is 4. The molecule has 0 bridgehead atoms. The van der Waals surface area contributed by atoms with Gasteiger partial charge in [-0.05, 0) is 29.8 Å². The number of rotatable bonds is 13. The highest BCUT2D eigenvalue weighted by Crippen LogP contribution is 2.38. The molecule has 218 valence electrons. The number of pyridine rings is 2. The van der Waals surface area contributed by atoms with Crippen LogP contribution in [0.15, 0.2) is 53.6 Å². The number of aromatic nitrogens is 2. The Hall–Kier alpha value is -3.60. The van der Waals surface area contributed by atoms with Gasteiger partial charge < -0.3 is 23.5 Å². The lowest BCUT2D eigenvalue weighted by molar-refractivity contribution is -0.126. The minimum atomic E-state index is -0.907. The zero-order valence-corrected chi connectivity index (χ0v) is 23.7. The molecule has 0 saturated carbocycles. The number of alkyl halides is 1. The molecule has 1 aliphatic heterocycles. The first kappa shape index (κ1) is 30.4. The average Bonchev–Trinajstić information content (AvgIpc) is 2.99. The van der Waals surface area contributed by atoms with Crippen LogP contribution >= 0.6 is 11.6 Å². The minimum absolute atomic E-state index is 0.0160. The Labute approximate surface area is 242 Å². The van der Waals surface area contributed by atoms with Crippen LogP contribution in [0.2, 0.25) is 5.02 Å². The van der Waals surface area contributed by atoms with Gasteiger partial charge in [0.15, 0.2) is 11.6 Å². The molecule has 0 radical (unpaired) electrons. The maximum Gasteiger partial charge on any atom is 0.252 e. The van der Waals surface area contributed by atoms with Crippen LogP contribution in [-0.4, -0.2) is 67.4 Å². The van der Waals surface area contributed by atoms with E-state index in [2.05, 4.69) is 4.98 Å². The molecule has 3 heterocycles. The van der Waals surface area contributed by atoms with Crippen molar-refractivity contribution in [3.63, 3.8) is 0 Å². The molecule has 4 rings (SSSR count). The van der Waals surface area contributed by atoms with E-state index in [4.69, 9.17) is 30.5 Å². The monoisotopic (exact) mass is 586 g/mol. The van der Waals surface area contributed by atoms with E-state index in [1.165, 1.54) is 30.1 Å². The van der Waals surface area contributed by atoms with Gasteiger partial charge in [0.2, 0.25) is 0 Å². The van der Waals surface area contributed by atoms with Gasteiger partial charge in [0.1, 0.15) is 30.5 Å². The van der Waals surface area contributed by atoms with Crippen molar-refractivity contribution < 1.29 is 32.9 Å². The average molecular weight is 587 g/mol. The molecule has 0 spiro atoms. The fraction of sp³-hybridized carbons (Fsp3) is 0.400. The van der Waals surface area contributed by atoms with Crippen LogP contribution in [0, 0.1) is 0 Å². The van der Waals surface area contributed by atoms with Crippen molar-refractivity contribution >= 4 is 23.2 Å². The van der Waals surface area contributed by atoms with Crippen molar-refractivity contribution in [3.8, 4) is 22.6 Å². The summed E-state index contributed by atoms with van der Waals surface area (Å²) in [4.78, 5) is 43.4. The highest BCUT2D eigenvalue weighted by atomic mass is 35.5. The number of methoxy groups -OCH3 is 1. The smallest absolute Gasteiger partial charge is 0.252 e. The van der Waals surface area contributed by atoms with E-state index in [1.54, 1.807) is 37.3 Å². The first-order valence-corrected chi connectivity index (χ1v) is 13.7. The fourth-order valence-electron chi connectivity index (χ4n) is 4.65. The molecule has 2 unspecified atom stereocenters. The molecule has 41 heavy (non-hydrogen) atoms. The van der Waals surface area contributed by atoms with Gasteiger partial charge >= 0.3 is 0 Å². The molecular formula is C30H32ClFN2O7. The molecule has 2 aromatic heterocycles. The number of carbonyl (C=O) groups excluding carboxylic acids is 2. The van der Waals surface area contributed by atoms with Gasteiger partial charge in [0.25, 0.3) is 5.56 Å². The predicted molar refractivity (Wildman–Crippen MR) is 151 cm³/mol. The van der Waals surface area contributed by atoms with Gasteiger partial charge in [0, 0.05) is 47.7 Å². The number of halogens is 2. The molecule has 1 aromatic carbocycles. The second-order valence-corrected chi connectivity index (χ2v) is 9.91. The number of hydrogen-bond donors (Lipinski definition) is 0. The minimum Gasteiger partial charge on any atom is -0.495 e. The standard InChI is InChI=1S/C30H32ClFN2O7/c1-3-26(35)24-6-4-19(16-33-24)12-27(36)25(14-21-18-39-10-11-40-21)34-17-29(38-2)23(15-30(34)37)22-13-20(31)5-7-28(22)41-9-8-32/h4-7,13,15-17,21,25H,3,8-12,14,18H2,1-2H3. The summed E-state index contributed by atoms with van der Waals surface area (Å²) in [6.07, 6.45) is 3.09. The topological polar surface area (TPSA) is 106 Å². The Balaban J connectivity index is 1.71. The van der Waals surface area contributed by atoms with Crippen LogP contribution in [0.25, 0.3) is 11.1 Å². The molecule has 0 amide bonds. The SMILES string of the molecule is CCC(=O)c1ccc(CC(=O)C(CC2COCCO2)n2cc(OC)c(-c3cc(Cl)ccc3OCCF)cc2=O)cn1. The van der Waals surface area contributed by atoms with E-state index in [1.807, 2.05) is 0 Å². The zero-order valence-electron chi connectivity index (χ0n) is 22.9. The van der Waals surface area contributed by atoms with E-state index in [9.17, 15) is 18.8 Å². The van der Waals surface area contributed by atoms with Gasteiger partial charge in [-0.15, -0.1) is 0 Å². The Kier molecular flexibility index (Phi) is 10.6. The van der Waals surface area contributed by atoms with Gasteiger partial charge in [0.05, 0.1) is 45.3 Å². The highest BCUT2D eigenvalue weighted by Gasteiger charge is 2.29. The fourth-order valence-corrected chi connectivity index (χ4v) is 4.82. The Morgan fingerprint density at radius 1 is 1.17 bits per heavy atom. The van der Waals surface area contributed by atoms with E-state index < -0.39 is 24.4 Å². The second-order valence-electron chi connectivity index (χ2n) is 9.47. The number of nitrogens with zero attached hydrogens (tertiary/aromatic N) is 2. The lowest BCUT2D eigenvalue weighted by Crippen LogP contribution is -2.37. The third-order valence-corrected chi connectivity index (χ3v) is 6.95. The van der Waals surface area contributed by atoms with Gasteiger partial charge in [-0.3, -0.25) is 19.4 Å². The zero-order chi connectivity index (χ0) is 29.4. The summed E-state index contributed by atoms with van der Waals surface area (Å²) in [5, 5.41) is 0.390. The van der Waals surface area contributed by atoms with E-state index >= 15 is 0 Å². The van der Waals surface area contributed by atoms with Crippen LogP contribution in [0.4, 0.5) is 4.39 Å². The summed E-state index contributed by atoms with van der Waals surface area (Å²) in [5.74, 6) is 0.286. The van der Waals surface area contributed by atoms with Crippen LogP contribution in [-0.2, 0) is 20.7 Å². The Morgan fingerprint density at radius 2 is 1.98 bits per heavy atom. The third-order valence-electron chi connectivity index (χ3n) is 6.72. The summed E-state index contributed by atoms with van der Waals surface area (Å²) in [7, 11) is 1.44. The van der Waals surface area contributed by atoms with Crippen molar-refractivity contribution in [2.45, 2.75) is 38.3 Å².